The van der Waals surface area contributed by atoms with Crippen molar-refractivity contribution in [3.63, 3.8) is 0 Å². The zero-order valence-corrected chi connectivity index (χ0v) is 18.6. The lowest BCUT2D eigenvalue weighted by molar-refractivity contribution is 0.0734. The number of sulfonamides is 1. The molecule has 1 aliphatic heterocycles. The van der Waals surface area contributed by atoms with Crippen molar-refractivity contribution in [3.05, 3.63) is 53.1 Å². The molecule has 7 nitrogen and oxygen atoms in total. The van der Waals surface area contributed by atoms with Gasteiger partial charge in [0.2, 0.25) is 10.0 Å². The molecule has 2 aromatic rings. The molecule has 0 radical (unpaired) electrons. The van der Waals surface area contributed by atoms with E-state index in [1.165, 1.54) is 12.1 Å². The van der Waals surface area contributed by atoms with Gasteiger partial charge in [-0.1, -0.05) is 6.92 Å². The summed E-state index contributed by atoms with van der Waals surface area (Å²) in [6, 6.07) is 9.80. The van der Waals surface area contributed by atoms with Gasteiger partial charge in [-0.3, -0.25) is 4.79 Å². The third-order valence-corrected chi connectivity index (χ3v) is 6.99. The molecule has 0 aromatic heterocycles. The van der Waals surface area contributed by atoms with Crippen molar-refractivity contribution in [2.45, 2.75) is 44.2 Å². The number of methoxy groups -OCH3 is 2. The minimum absolute atomic E-state index is 0.130. The highest BCUT2D eigenvalue weighted by Gasteiger charge is 2.24. The summed E-state index contributed by atoms with van der Waals surface area (Å²) in [7, 11) is -0.407. The second-order valence-electron chi connectivity index (χ2n) is 7.41. The third kappa shape index (κ3) is 4.60. The predicted octanol–water partition coefficient (Wildman–Crippen LogP) is 2.98. The van der Waals surface area contributed by atoms with E-state index in [2.05, 4.69) is 4.72 Å². The smallest absolute Gasteiger partial charge is 0.254 e. The van der Waals surface area contributed by atoms with Gasteiger partial charge >= 0.3 is 0 Å². The standard InChI is InChI=1S/C22H28N2O5S/c1-5-15(2)23-30(26,27)19-8-6-16(7-9-19)22(25)24-11-10-17-12-20(28-3)21(29-4)13-18(17)14-24/h6-9,12-13,15,23H,5,10-11,14H2,1-4H3/t15-/m1/s1. The van der Waals surface area contributed by atoms with E-state index in [4.69, 9.17) is 9.47 Å². The van der Waals surface area contributed by atoms with Gasteiger partial charge in [0.1, 0.15) is 0 Å². The maximum atomic E-state index is 13.0. The van der Waals surface area contributed by atoms with E-state index in [1.807, 2.05) is 26.0 Å². The van der Waals surface area contributed by atoms with Crippen LogP contribution < -0.4 is 14.2 Å². The predicted molar refractivity (Wildman–Crippen MR) is 115 cm³/mol. The van der Waals surface area contributed by atoms with Crippen LogP contribution in [0.2, 0.25) is 0 Å². The minimum atomic E-state index is -3.59. The highest BCUT2D eigenvalue weighted by atomic mass is 32.2. The van der Waals surface area contributed by atoms with Crippen molar-refractivity contribution in [3.8, 4) is 11.5 Å². The monoisotopic (exact) mass is 432 g/mol. The lowest BCUT2D eigenvalue weighted by Crippen LogP contribution is -2.36. The Balaban J connectivity index is 1.76. The maximum absolute atomic E-state index is 13.0. The molecule has 8 heteroatoms. The summed E-state index contributed by atoms with van der Waals surface area (Å²) in [6.45, 7) is 4.77. The first-order chi connectivity index (χ1) is 14.3. The Kier molecular flexibility index (Phi) is 6.67. The van der Waals surface area contributed by atoms with Gasteiger partial charge in [-0.2, -0.15) is 0 Å². The molecule has 1 aliphatic rings. The van der Waals surface area contributed by atoms with Crippen molar-refractivity contribution in [2.75, 3.05) is 20.8 Å². The Morgan fingerprint density at radius 3 is 2.27 bits per heavy atom. The number of nitrogens with one attached hydrogen (secondary N) is 1. The van der Waals surface area contributed by atoms with Gasteiger partial charge in [0.25, 0.3) is 5.91 Å². The fourth-order valence-electron chi connectivity index (χ4n) is 3.43. The number of fused-ring (bicyclic) bond motifs is 1. The van der Waals surface area contributed by atoms with Gasteiger partial charge < -0.3 is 14.4 Å². The van der Waals surface area contributed by atoms with Gasteiger partial charge in [-0.25, -0.2) is 13.1 Å². The quantitative estimate of drug-likeness (QED) is 0.727. The Morgan fingerprint density at radius 1 is 1.10 bits per heavy atom. The average molecular weight is 433 g/mol. The number of carbonyl (C=O) groups excluding carboxylic acids is 1. The zero-order chi connectivity index (χ0) is 21.9. The fourth-order valence-corrected chi connectivity index (χ4v) is 4.76. The Bertz CT molecular complexity index is 1020. The number of ether oxygens (including phenoxy) is 2. The third-order valence-electron chi connectivity index (χ3n) is 5.39. The molecule has 0 fully saturated rings. The van der Waals surface area contributed by atoms with Crippen molar-refractivity contribution in [1.82, 2.24) is 9.62 Å². The molecular weight excluding hydrogens is 404 g/mol. The molecular formula is C22H28N2O5S. The molecule has 0 saturated carbocycles. The first kappa shape index (κ1) is 22.1. The molecule has 1 amide bonds. The van der Waals surface area contributed by atoms with Crippen LogP contribution in [0.4, 0.5) is 0 Å². The minimum Gasteiger partial charge on any atom is -0.493 e. The molecule has 0 bridgehead atoms. The van der Waals surface area contributed by atoms with Crippen LogP contribution >= 0.6 is 0 Å². The molecule has 162 valence electrons. The molecule has 1 N–H and O–H groups in total. The number of benzene rings is 2. The SMILES string of the molecule is CC[C@@H](C)NS(=O)(=O)c1ccc(C(=O)N2CCc3cc(OC)c(OC)cc3C2)cc1. The molecule has 30 heavy (non-hydrogen) atoms. The van der Waals surface area contributed by atoms with Crippen molar-refractivity contribution < 1.29 is 22.7 Å². The van der Waals surface area contributed by atoms with E-state index in [1.54, 1.807) is 31.3 Å². The van der Waals surface area contributed by atoms with Gasteiger partial charge in [0.05, 0.1) is 19.1 Å². The van der Waals surface area contributed by atoms with Crippen LogP contribution in [-0.2, 0) is 23.0 Å². The largest absolute Gasteiger partial charge is 0.493 e. The van der Waals surface area contributed by atoms with Crippen molar-refractivity contribution >= 4 is 15.9 Å². The molecule has 1 atom stereocenters. The van der Waals surface area contributed by atoms with Gasteiger partial charge in [-0.15, -0.1) is 0 Å². The second kappa shape index (κ2) is 9.06. The van der Waals surface area contributed by atoms with E-state index < -0.39 is 10.0 Å². The van der Waals surface area contributed by atoms with Gasteiger partial charge in [0.15, 0.2) is 11.5 Å². The number of carbonyl (C=O) groups is 1. The maximum Gasteiger partial charge on any atom is 0.254 e. The van der Waals surface area contributed by atoms with E-state index >= 15 is 0 Å². The molecule has 3 rings (SSSR count). The molecule has 0 spiro atoms. The van der Waals surface area contributed by atoms with Crippen molar-refractivity contribution in [1.29, 1.82) is 0 Å². The molecule has 0 unspecified atom stereocenters. The van der Waals surface area contributed by atoms with Gasteiger partial charge in [-0.05, 0) is 67.3 Å². The molecule has 0 saturated heterocycles. The first-order valence-corrected chi connectivity index (χ1v) is 11.4. The summed E-state index contributed by atoms with van der Waals surface area (Å²) in [5, 5.41) is 0. The lowest BCUT2D eigenvalue weighted by atomic mass is 9.98. The summed E-state index contributed by atoms with van der Waals surface area (Å²) in [4.78, 5) is 14.9. The van der Waals surface area contributed by atoms with E-state index in [9.17, 15) is 13.2 Å². The molecule has 0 aliphatic carbocycles. The van der Waals surface area contributed by atoms with Crippen LogP contribution in [0.3, 0.4) is 0 Å². The van der Waals surface area contributed by atoms with Crippen LogP contribution in [0.15, 0.2) is 41.3 Å². The van der Waals surface area contributed by atoms with E-state index in [0.29, 0.717) is 43.0 Å². The van der Waals surface area contributed by atoms with Gasteiger partial charge in [0, 0.05) is 24.7 Å². The number of hydrogen-bond acceptors (Lipinski definition) is 5. The number of hydrogen-bond donors (Lipinski definition) is 1. The summed E-state index contributed by atoms with van der Waals surface area (Å²) >= 11 is 0. The second-order valence-corrected chi connectivity index (χ2v) is 9.12. The lowest BCUT2D eigenvalue weighted by Gasteiger charge is -2.29. The normalized spacial score (nSPS) is 14.7. The Morgan fingerprint density at radius 2 is 1.70 bits per heavy atom. The topological polar surface area (TPSA) is 84.9 Å². The van der Waals surface area contributed by atoms with E-state index in [-0.39, 0.29) is 16.8 Å². The molecule has 1 heterocycles. The van der Waals surface area contributed by atoms with Crippen molar-refractivity contribution in [2.24, 2.45) is 0 Å². The highest BCUT2D eigenvalue weighted by molar-refractivity contribution is 7.89. The van der Waals surface area contributed by atoms with Crippen LogP contribution in [0.1, 0.15) is 41.8 Å². The summed E-state index contributed by atoms with van der Waals surface area (Å²) < 4.78 is 38.2. The summed E-state index contributed by atoms with van der Waals surface area (Å²) in [6.07, 6.45) is 1.41. The number of amides is 1. The Hall–Kier alpha value is -2.58. The van der Waals surface area contributed by atoms with Crippen LogP contribution in [0, 0.1) is 0 Å². The van der Waals surface area contributed by atoms with Crippen LogP contribution in [-0.4, -0.2) is 46.0 Å². The summed E-state index contributed by atoms with van der Waals surface area (Å²) in [5.41, 5.74) is 2.61. The zero-order valence-electron chi connectivity index (χ0n) is 17.8. The first-order valence-electron chi connectivity index (χ1n) is 9.94. The summed E-state index contributed by atoms with van der Waals surface area (Å²) in [5.74, 6) is 1.18. The van der Waals surface area contributed by atoms with Crippen LogP contribution in [0.25, 0.3) is 0 Å². The number of rotatable bonds is 7. The molecule has 2 aromatic carbocycles. The van der Waals surface area contributed by atoms with E-state index in [0.717, 1.165) is 11.1 Å². The highest BCUT2D eigenvalue weighted by Crippen LogP contribution is 2.33. The van der Waals surface area contributed by atoms with Crippen LogP contribution in [0.5, 0.6) is 11.5 Å². The average Bonchev–Trinajstić information content (AvgIpc) is 2.76. The fraction of sp³-hybridized carbons (Fsp3) is 0.409. The number of nitrogens with zero attached hydrogens (tertiary/aromatic N) is 1. The Labute approximate surface area is 178 Å².